The summed E-state index contributed by atoms with van der Waals surface area (Å²) in [5.74, 6) is 0.742. The normalized spacial score (nSPS) is 13.1. The highest BCUT2D eigenvalue weighted by atomic mass is 16.5. The number of fused-ring (bicyclic) bond motifs is 1. The van der Waals surface area contributed by atoms with Crippen molar-refractivity contribution in [2.45, 2.75) is 19.8 Å². The summed E-state index contributed by atoms with van der Waals surface area (Å²) in [7, 11) is 1.76. The summed E-state index contributed by atoms with van der Waals surface area (Å²) in [6, 6.07) is 19.4. The van der Waals surface area contributed by atoms with Crippen molar-refractivity contribution in [2.75, 3.05) is 25.5 Å². The minimum Gasteiger partial charge on any atom is -0.491 e. The van der Waals surface area contributed by atoms with E-state index in [0.717, 1.165) is 34.9 Å². The Morgan fingerprint density at radius 3 is 2.40 bits per heavy atom. The van der Waals surface area contributed by atoms with Crippen LogP contribution in [0.25, 0.3) is 10.8 Å². The highest BCUT2D eigenvalue weighted by molar-refractivity contribution is 6.08. The van der Waals surface area contributed by atoms with E-state index < -0.39 is 0 Å². The van der Waals surface area contributed by atoms with Crippen LogP contribution < -0.4 is 10.1 Å². The van der Waals surface area contributed by atoms with E-state index in [4.69, 9.17) is 4.74 Å². The van der Waals surface area contributed by atoms with Gasteiger partial charge in [-0.15, -0.1) is 0 Å². The molecule has 0 atom stereocenters. The Labute approximate surface area is 176 Å². The van der Waals surface area contributed by atoms with Crippen LogP contribution in [0.15, 0.2) is 60.7 Å². The number of hydrogen-bond acceptors (Lipinski definition) is 3. The number of rotatable bonds is 7. The number of ether oxygens (including phenoxy) is 1. The second-order valence-electron chi connectivity index (χ2n) is 7.85. The van der Waals surface area contributed by atoms with Crippen molar-refractivity contribution in [1.82, 2.24) is 4.90 Å². The molecule has 1 N–H and O–H groups in total. The lowest BCUT2D eigenvalue weighted by Gasteiger charge is -2.20. The van der Waals surface area contributed by atoms with Gasteiger partial charge in [0.15, 0.2) is 0 Å². The third-order valence-electron chi connectivity index (χ3n) is 5.45. The minimum absolute atomic E-state index is 0.00938. The van der Waals surface area contributed by atoms with Crippen molar-refractivity contribution in [3.05, 3.63) is 71.8 Å². The molecule has 0 aromatic heterocycles. The zero-order valence-corrected chi connectivity index (χ0v) is 17.4. The summed E-state index contributed by atoms with van der Waals surface area (Å²) in [4.78, 5) is 27.2. The fourth-order valence-electron chi connectivity index (χ4n) is 3.42. The van der Waals surface area contributed by atoms with E-state index in [9.17, 15) is 9.59 Å². The van der Waals surface area contributed by atoms with Gasteiger partial charge in [-0.25, -0.2) is 0 Å². The summed E-state index contributed by atoms with van der Waals surface area (Å²) < 4.78 is 5.83. The Morgan fingerprint density at radius 2 is 1.70 bits per heavy atom. The van der Waals surface area contributed by atoms with E-state index in [1.54, 1.807) is 11.9 Å². The monoisotopic (exact) mass is 402 g/mol. The molecule has 4 rings (SSSR count). The number of nitrogens with one attached hydrogen (secondary N) is 1. The first-order chi connectivity index (χ1) is 14.5. The maximum Gasteiger partial charge on any atom is 0.255 e. The van der Waals surface area contributed by atoms with Crippen LogP contribution in [0.4, 0.5) is 5.69 Å². The fourth-order valence-corrected chi connectivity index (χ4v) is 3.42. The summed E-state index contributed by atoms with van der Waals surface area (Å²) >= 11 is 0. The molecule has 30 heavy (non-hydrogen) atoms. The van der Waals surface area contributed by atoms with Gasteiger partial charge >= 0.3 is 0 Å². The van der Waals surface area contributed by atoms with Crippen LogP contribution in [0.5, 0.6) is 5.75 Å². The lowest BCUT2D eigenvalue weighted by Crippen LogP contribution is -2.32. The Kier molecular flexibility index (Phi) is 5.70. The number of likely N-dealkylation sites (N-methyl/N-ethyl adjacent to an activating group) is 1. The maximum absolute atomic E-state index is 13.2. The quantitative estimate of drug-likeness (QED) is 0.626. The SMILES string of the molecule is Cc1ccccc1OCCN(C)C(=O)c1cc2ccccc2cc1NC(=O)C1CC1. The number of benzene rings is 3. The number of carbonyl (C=O) groups is 2. The summed E-state index contributed by atoms with van der Waals surface area (Å²) in [5.41, 5.74) is 2.13. The highest BCUT2D eigenvalue weighted by Gasteiger charge is 2.30. The second kappa shape index (κ2) is 8.57. The number of nitrogens with zero attached hydrogens (tertiary/aromatic N) is 1. The Balaban J connectivity index is 1.51. The van der Waals surface area contributed by atoms with E-state index in [2.05, 4.69) is 5.32 Å². The number of aryl methyl sites for hydroxylation is 1. The molecule has 1 aliphatic carbocycles. The van der Waals surface area contributed by atoms with E-state index >= 15 is 0 Å². The van der Waals surface area contributed by atoms with Crippen molar-refractivity contribution in [3.63, 3.8) is 0 Å². The van der Waals surface area contributed by atoms with Gasteiger partial charge < -0.3 is 15.0 Å². The molecule has 0 unspecified atom stereocenters. The third-order valence-corrected chi connectivity index (χ3v) is 5.45. The molecule has 0 spiro atoms. The number of para-hydroxylation sites is 1. The average molecular weight is 402 g/mol. The largest absolute Gasteiger partial charge is 0.491 e. The molecule has 1 fully saturated rings. The van der Waals surface area contributed by atoms with Crippen LogP contribution in [0, 0.1) is 12.8 Å². The molecule has 0 heterocycles. The van der Waals surface area contributed by atoms with Crippen LogP contribution in [-0.2, 0) is 4.79 Å². The Morgan fingerprint density at radius 1 is 1.03 bits per heavy atom. The molecule has 5 nitrogen and oxygen atoms in total. The average Bonchev–Trinajstić information content (AvgIpc) is 3.59. The van der Waals surface area contributed by atoms with Crippen LogP contribution >= 0.6 is 0 Å². The lowest BCUT2D eigenvalue weighted by molar-refractivity contribution is -0.117. The van der Waals surface area contributed by atoms with Gasteiger partial charge in [0.2, 0.25) is 5.91 Å². The van der Waals surface area contributed by atoms with E-state index in [1.165, 1.54) is 0 Å². The van der Waals surface area contributed by atoms with Crippen LogP contribution in [-0.4, -0.2) is 36.9 Å². The molecule has 0 aliphatic heterocycles. The first kappa shape index (κ1) is 20.0. The summed E-state index contributed by atoms with van der Waals surface area (Å²) in [6.07, 6.45) is 1.83. The predicted molar refractivity (Wildman–Crippen MR) is 119 cm³/mol. The number of hydrogen-bond donors (Lipinski definition) is 1. The Bertz CT molecular complexity index is 1090. The van der Waals surface area contributed by atoms with Crippen LogP contribution in [0.2, 0.25) is 0 Å². The number of amides is 2. The number of carbonyl (C=O) groups excluding carboxylic acids is 2. The summed E-state index contributed by atoms with van der Waals surface area (Å²) in [6.45, 7) is 2.83. The molecular weight excluding hydrogens is 376 g/mol. The van der Waals surface area contributed by atoms with Crippen molar-refractivity contribution < 1.29 is 14.3 Å². The Hall–Kier alpha value is -3.34. The van der Waals surface area contributed by atoms with Gasteiger partial charge in [-0.3, -0.25) is 9.59 Å². The molecule has 154 valence electrons. The third kappa shape index (κ3) is 4.46. The molecule has 0 saturated heterocycles. The van der Waals surface area contributed by atoms with Gasteiger partial charge in [0, 0.05) is 13.0 Å². The molecule has 1 aliphatic rings. The number of anilines is 1. The van der Waals surface area contributed by atoms with Gasteiger partial charge in [-0.1, -0.05) is 42.5 Å². The molecule has 3 aromatic rings. The molecule has 2 amide bonds. The minimum atomic E-state index is -0.139. The van der Waals surface area contributed by atoms with E-state index in [0.29, 0.717) is 24.4 Å². The molecule has 1 saturated carbocycles. The van der Waals surface area contributed by atoms with Gasteiger partial charge in [0.05, 0.1) is 17.8 Å². The zero-order chi connectivity index (χ0) is 21.1. The van der Waals surface area contributed by atoms with Gasteiger partial charge in [-0.05, 0) is 54.3 Å². The molecule has 0 radical (unpaired) electrons. The van der Waals surface area contributed by atoms with Crippen molar-refractivity contribution in [3.8, 4) is 5.75 Å². The van der Waals surface area contributed by atoms with Crippen LogP contribution in [0.3, 0.4) is 0 Å². The summed E-state index contributed by atoms with van der Waals surface area (Å²) in [5, 5.41) is 4.93. The molecular formula is C25H26N2O3. The van der Waals surface area contributed by atoms with Gasteiger partial charge in [0.25, 0.3) is 5.91 Å². The smallest absolute Gasteiger partial charge is 0.255 e. The highest BCUT2D eigenvalue weighted by Crippen LogP contribution is 2.32. The van der Waals surface area contributed by atoms with E-state index in [-0.39, 0.29) is 17.7 Å². The second-order valence-corrected chi connectivity index (χ2v) is 7.85. The van der Waals surface area contributed by atoms with Crippen LogP contribution in [0.1, 0.15) is 28.8 Å². The first-order valence-electron chi connectivity index (χ1n) is 10.3. The van der Waals surface area contributed by atoms with Gasteiger partial charge in [0.1, 0.15) is 12.4 Å². The molecule has 0 bridgehead atoms. The molecule has 3 aromatic carbocycles. The van der Waals surface area contributed by atoms with E-state index in [1.807, 2.05) is 67.6 Å². The lowest BCUT2D eigenvalue weighted by atomic mass is 10.0. The van der Waals surface area contributed by atoms with Crippen molar-refractivity contribution in [2.24, 2.45) is 5.92 Å². The predicted octanol–water partition coefficient (Wildman–Crippen LogP) is 4.65. The van der Waals surface area contributed by atoms with Crippen molar-refractivity contribution in [1.29, 1.82) is 0 Å². The van der Waals surface area contributed by atoms with Crippen molar-refractivity contribution >= 4 is 28.3 Å². The standard InChI is InChI=1S/C25H26N2O3/c1-17-7-3-6-10-23(17)30-14-13-27(2)25(29)21-15-19-8-4-5-9-20(19)16-22(21)26-24(28)18-11-12-18/h3-10,15-16,18H,11-14H2,1-2H3,(H,26,28). The zero-order valence-electron chi connectivity index (χ0n) is 17.4. The van der Waals surface area contributed by atoms with Gasteiger partial charge in [-0.2, -0.15) is 0 Å². The maximum atomic E-state index is 13.2. The topological polar surface area (TPSA) is 58.6 Å². The first-order valence-corrected chi connectivity index (χ1v) is 10.3. The molecule has 5 heteroatoms. The fraction of sp³-hybridized carbons (Fsp3) is 0.280.